The minimum absolute atomic E-state index is 0.141. The lowest BCUT2D eigenvalue weighted by Crippen LogP contribution is -2.15. The number of hydrogen-bond donors (Lipinski definition) is 0. The van der Waals surface area contributed by atoms with E-state index in [1.165, 1.54) is 32.1 Å². The van der Waals surface area contributed by atoms with Crippen LogP contribution in [0, 0.1) is 0 Å². The average Bonchev–Trinajstić information content (AvgIpc) is 2.89. The molecule has 0 saturated carbocycles. The van der Waals surface area contributed by atoms with Gasteiger partial charge in [-0.3, -0.25) is 4.79 Å². The van der Waals surface area contributed by atoms with Gasteiger partial charge in [-0.2, -0.15) is 0 Å². The van der Waals surface area contributed by atoms with Crippen LogP contribution in [0.15, 0.2) is 48.5 Å². The molecule has 0 spiro atoms. The van der Waals surface area contributed by atoms with E-state index in [-0.39, 0.29) is 12.1 Å². The molecule has 202 valence electrons. The Hall–Kier alpha value is -3.15. The first-order chi connectivity index (χ1) is 17.9. The molecule has 0 heterocycles. The molecule has 0 radical (unpaired) electrons. The van der Waals surface area contributed by atoms with Crippen molar-refractivity contribution in [3.05, 3.63) is 59.7 Å². The third-order valence-electron chi connectivity index (χ3n) is 6.13. The number of benzene rings is 2. The van der Waals surface area contributed by atoms with E-state index in [0.29, 0.717) is 29.0 Å². The number of rotatable bonds is 17. The Bertz CT molecular complexity index is 949. The average molecular weight is 511 g/mol. The third kappa shape index (κ3) is 12.1. The van der Waals surface area contributed by atoms with Gasteiger partial charge in [-0.1, -0.05) is 71.6 Å². The zero-order valence-corrected chi connectivity index (χ0v) is 22.6. The highest BCUT2D eigenvalue weighted by molar-refractivity contribution is 5.92. The highest BCUT2D eigenvalue weighted by atomic mass is 16.5. The van der Waals surface area contributed by atoms with Crippen molar-refractivity contribution in [3.63, 3.8) is 0 Å². The number of unbranched alkanes of at least 4 members (excludes halogenated alkanes) is 8. The normalized spacial score (nSPS) is 11.5. The van der Waals surface area contributed by atoms with Crippen LogP contribution in [0.3, 0.4) is 0 Å². The van der Waals surface area contributed by atoms with Crippen LogP contribution < -0.4 is 9.47 Å². The summed E-state index contributed by atoms with van der Waals surface area (Å²) >= 11 is 0. The molecule has 2 aromatic rings. The molecule has 6 heteroatoms. The van der Waals surface area contributed by atoms with Crippen molar-refractivity contribution in [1.29, 1.82) is 0 Å². The van der Waals surface area contributed by atoms with Gasteiger partial charge in [-0.15, -0.1) is 0 Å². The lowest BCUT2D eigenvalue weighted by Gasteiger charge is -2.13. The van der Waals surface area contributed by atoms with Crippen LogP contribution in [0.1, 0.15) is 119 Å². The van der Waals surface area contributed by atoms with Crippen molar-refractivity contribution in [1.82, 2.24) is 0 Å². The van der Waals surface area contributed by atoms with Gasteiger partial charge in [0.25, 0.3) is 0 Å². The van der Waals surface area contributed by atoms with E-state index in [1.54, 1.807) is 48.5 Å². The molecule has 2 rings (SSSR count). The number of carbonyl (C=O) groups excluding carboxylic acids is 3. The maximum absolute atomic E-state index is 12.5. The third-order valence-corrected chi connectivity index (χ3v) is 6.13. The summed E-state index contributed by atoms with van der Waals surface area (Å²) in [5, 5.41) is 0. The lowest BCUT2D eigenvalue weighted by molar-refractivity contribution is -0.134. The van der Waals surface area contributed by atoms with Crippen LogP contribution in [-0.2, 0) is 9.53 Å². The smallest absolute Gasteiger partial charge is 0.343 e. The van der Waals surface area contributed by atoms with Crippen molar-refractivity contribution in [2.75, 3.05) is 0 Å². The summed E-state index contributed by atoms with van der Waals surface area (Å²) in [6, 6.07) is 12.6. The molecule has 0 amide bonds. The van der Waals surface area contributed by atoms with E-state index in [4.69, 9.17) is 14.2 Å². The molecule has 0 bridgehead atoms. The molecule has 37 heavy (non-hydrogen) atoms. The molecule has 0 aromatic heterocycles. The standard InChI is InChI=1S/C31H42O6/c1-4-6-8-9-10-11-12-13-15-29(32)36-27-20-16-26(17-21-27)31(34)37-28-22-18-25(19-23-28)30(33)35-24(3)14-7-5-2/h16-24H,4-15H2,1-3H3. The Labute approximate surface area is 221 Å². The molecule has 2 aromatic carbocycles. The lowest BCUT2D eigenvalue weighted by atomic mass is 10.1. The van der Waals surface area contributed by atoms with Gasteiger partial charge in [0.15, 0.2) is 0 Å². The van der Waals surface area contributed by atoms with Gasteiger partial charge in [-0.05, 0) is 68.3 Å². The molecule has 0 aliphatic carbocycles. The number of hydrogen-bond acceptors (Lipinski definition) is 6. The van der Waals surface area contributed by atoms with Gasteiger partial charge >= 0.3 is 17.9 Å². The zero-order chi connectivity index (χ0) is 26.9. The van der Waals surface area contributed by atoms with Crippen LogP contribution in [-0.4, -0.2) is 24.0 Å². The topological polar surface area (TPSA) is 78.9 Å². The molecule has 0 aliphatic rings. The fraction of sp³-hybridized carbons (Fsp3) is 0.516. The van der Waals surface area contributed by atoms with Crippen molar-refractivity contribution >= 4 is 17.9 Å². The second-order valence-electron chi connectivity index (χ2n) is 9.50. The van der Waals surface area contributed by atoms with Crippen molar-refractivity contribution < 1.29 is 28.6 Å². The molecule has 0 saturated heterocycles. The van der Waals surface area contributed by atoms with Crippen molar-refractivity contribution in [2.24, 2.45) is 0 Å². The Morgan fingerprint density at radius 2 is 1.11 bits per heavy atom. The maximum Gasteiger partial charge on any atom is 0.343 e. The number of carbonyl (C=O) groups is 3. The van der Waals surface area contributed by atoms with Gasteiger partial charge in [0.05, 0.1) is 17.2 Å². The Morgan fingerprint density at radius 3 is 1.68 bits per heavy atom. The van der Waals surface area contributed by atoms with E-state index in [9.17, 15) is 14.4 Å². The Morgan fingerprint density at radius 1 is 0.622 bits per heavy atom. The molecular weight excluding hydrogens is 468 g/mol. The molecule has 0 fully saturated rings. The van der Waals surface area contributed by atoms with Crippen LogP contribution in [0.4, 0.5) is 0 Å². The van der Waals surface area contributed by atoms with Crippen LogP contribution in [0.5, 0.6) is 11.5 Å². The first-order valence-electron chi connectivity index (χ1n) is 13.8. The van der Waals surface area contributed by atoms with E-state index in [2.05, 4.69) is 13.8 Å². The number of esters is 3. The van der Waals surface area contributed by atoms with E-state index in [0.717, 1.165) is 38.5 Å². The SMILES string of the molecule is CCCCCCCCCCC(=O)Oc1ccc(C(=O)Oc2ccc(C(=O)OC(C)CCCC)cc2)cc1. The minimum Gasteiger partial charge on any atom is -0.459 e. The number of ether oxygens (including phenoxy) is 3. The molecule has 0 N–H and O–H groups in total. The predicted octanol–water partition coefficient (Wildman–Crippen LogP) is 8.08. The first kappa shape index (κ1) is 30.1. The quantitative estimate of drug-likeness (QED) is 0.122. The van der Waals surface area contributed by atoms with Crippen molar-refractivity contribution in [2.45, 2.75) is 104 Å². The second kappa shape index (κ2) is 17.3. The van der Waals surface area contributed by atoms with Crippen LogP contribution in [0.2, 0.25) is 0 Å². The highest BCUT2D eigenvalue weighted by Gasteiger charge is 2.14. The summed E-state index contributed by atoms with van der Waals surface area (Å²) < 4.78 is 16.2. The van der Waals surface area contributed by atoms with Crippen molar-refractivity contribution in [3.8, 4) is 11.5 Å². The predicted molar refractivity (Wildman–Crippen MR) is 145 cm³/mol. The van der Waals surface area contributed by atoms with E-state index < -0.39 is 11.9 Å². The van der Waals surface area contributed by atoms with E-state index >= 15 is 0 Å². The monoisotopic (exact) mass is 510 g/mol. The summed E-state index contributed by atoms with van der Waals surface area (Å²) in [5.41, 5.74) is 0.734. The molecule has 0 aliphatic heterocycles. The van der Waals surface area contributed by atoms with E-state index in [1.807, 2.05) is 6.92 Å². The zero-order valence-electron chi connectivity index (χ0n) is 22.6. The summed E-state index contributed by atoms with van der Waals surface area (Å²) in [6.07, 6.45) is 12.5. The summed E-state index contributed by atoms with van der Waals surface area (Å²) in [5.74, 6) is -0.479. The summed E-state index contributed by atoms with van der Waals surface area (Å²) in [4.78, 5) is 36.8. The minimum atomic E-state index is -0.541. The molecule has 6 nitrogen and oxygen atoms in total. The van der Waals surface area contributed by atoms with Gasteiger partial charge in [0, 0.05) is 6.42 Å². The van der Waals surface area contributed by atoms with Crippen LogP contribution in [0.25, 0.3) is 0 Å². The largest absolute Gasteiger partial charge is 0.459 e. The Kier molecular flexibility index (Phi) is 14.1. The van der Waals surface area contributed by atoms with Gasteiger partial charge in [0.2, 0.25) is 0 Å². The molecular formula is C31H42O6. The highest BCUT2D eigenvalue weighted by Crippen LogP contribution is 2.19. The van der Waals surface area contributed by atoms with Gasteiger partial charge in [-0.25, -0.2) is 9.59 Å². The summed E-state index contributed by atoms with van der Waals surface area (Å²) in [6.45, 7) is 6.19. The van der Waals surface area contributed by atoms with Crippen LogP contribution >= 0.6 is 0 Å². The molecule has 1 atom stereocenters. The summed E-state index contributed by atoms with van der Waals surface area (Å²) in [7, 11) is 0. The first-order valence-corrected chi connectivity index (χ1v) is 13.8. The molecule has 1 unspecified atom stereocenters. The second-order valence-corrected chi connectivity index (χ2v) is 9.50. The van der Waals surface area contributed by atoms with Gasteiger partial charge < -0.3 is 14.2 Å². The van der Waals surface area contributed by atoms with Gasteiger partial charge in [0.1, 0.15) is 11.5 Å². The fourth-order valence-electron chi connectivity index (χ4n) is 3.87. The maximum atomic E-state index is 12.5. The fourth-order valence-corrected chi connectivity index (χ4v) is 3.87. The Balaban J connectivity index is 1.73.